The van der Waals surface area contributed by atoms with Gasteiger partial charge in [-0.05, 0) is 55.4 Å². The first-order valence-electron chi connectivity index (χ1n) is 7.26. The van der Waals surface area contributed by atoms with Gasteiger partial charge in [0.15, 0.2) is 0 Å². The van der Waals surface area contributed by atoms with E-state index in [1.807, 2.05) is 7.11 Å². The van der Waals surface area contributed by atoms with Gasteiger partial charge in [0.05, 0.1) is 13.2 Å². The second-order valence-electron chi connectivity index (χ2n) is 5.69. The van der Waals surface area contributed by atoms with Crippen LogP contribution in [-0.4, -0.2) is 26.4 Å². The largest absolute Gasteiger partial charge is 0.497 e. The van der Waals surface area contributed by atoms with E-state index in [4.69, 9.17) is 9.47 Å². The molecule has 0 spiro atoms. The third-order valence-corrected chi connectivity index (χ3v) is 4.59. The van der Waals surface area contributed by atoms with Crippen molar-refractivity contribution in [2.24, 2.45) is 0 Å². The zero-order chi connectivity index (χ0) is 13.2. The van der Waals surface area contributed by atoms with E-state index in [0.29, 0.717) is 18.2 Å². The fraction of sp³-hybridized carbons (Fsp3) is 0.625. The van der Waals surface area contributed by atoms with Crippen molar-refractivity contribution in [2.75, 3.05) is 14.2 Å². The zero-order valence-electron chi connectivity index (χ0n) is 11.8. The first-order valence-corrected chi connectivity index (χ1v) is 7.26. The molecule has 0 bridgehead atoms. The predicted octanol–water partition coefficient (Wildman–Crippen LogP) is 2.84. The van der Waals surface area contributed by atoms with E-state index >= 15 is 0 Å². The number of benzene rings is 1. The van der Waals surface area contributed by atoms with E-state index in [1.165, 1.54) is 36.8 Å². The van der Waals surface area contributed by atoms with Gasteiger partial charge in [0.25, 0.3) is 0 Å². The van der Waals surface area contributed by atoms with Crippen molar-refractivity contribution >= 4 is 0 Å². The fourth-order valence-electron chi connectivity index (χ4n) is 3.47. The number of hydrogen-bond acceptors (Lipinski definition) is 3. The molecule has 0 saturated heterocycles. The van der Waals surface area contributed by atoms with Gasteiger partial charge in [-0.25, -0.2) is 0 Å². The summed E-state index contributed by atoms with van der Waals surface area (Å²) in [5.41, 5.74) is 2.90. The Kier molecular flexibility index (Phi) is 3.76. The second-order valence-corrected chi connectivity index (χ2v) is 5.69. The van der Waals surface area contributed by atoms with Crippen molar-refractivity contribution in [3.8, 4) is 5.75 Å². The Labute approximate surface area is 115 Å². The maximum Gasteiger partial charge on any atom is 0.119 e. The Morgan fingerprint density at radius 2 is 2.05 bits per heavy atom. The van der Waals surface area contributed by atoms with E-state index in [1.54, 1.807) is 7.11 Å². The standard InChI is InChI=1S/C16H23NO2/c1-18-13-7-5-12(9-13)17-16-8-4-11-3-6-14(19-2)10-15(11)16/h3,6,10,12-13,16-17H,4-5,7-9H2,1-2H3. The highest BCUT2D eigenvalue weighted by Gasteiger charge is 2.29. The summed E-state index contributed by atoms with van der Waals surface area (Å²) >= 11 is 0. The molecule has 19 heavy (non-hydrogen) atoms. The average Bonchev–Trinajstić information content (AvgIpc) is 3.06. The van der Waals surface area contributed by atoms with Crippen molar-refractivity contribution < 1.29 is 9.47 Å². The molecule has 104 valence electrons. The lowest BCUT2D eigenvalue weighted by atomic mass is 10.1. The van der Waals surface area contributed by atoms with E-state index in [0.717, 1.165) is 12.2 Å². The Balaban J connectivity index is 1.68. The molecule has 0 aromatic heterocycles. The third kappa shape index (κ3) is 2.63. The van der Waals surface area contributed by atoms with Crippen LogP contribution >= 0.6 is 0 Å². The quantitative estimate of drug-likeness (QED) is 0.904. The van der Waals surface area contributed by atoms with Gasteiger partial charge in [-0.1, -0.05) is 6.07 Å². The molecular formula is C16H23NO2. The number of hydrogen-bond donors (Lipinski definition) is 1. The fourth-order valence-corrected chi connectivity index (χ4v) is 3.47. The molecule has 0 radical (unpaired) electrons. The Hall–Kier alpha value is -1.06. The van der Waals surface area contributed by atoms with E-state index in [9.17, 15) is 0 Å². The summed E-state index contributed by atoms with van der Waals surface area (Å²) in [6.45, 7) is 0. The molecule has 2 aliphatic rings. The summed E-state index contributed by atoms with van der Waals surface area (Å²) in [6, 6.07) is 7.57. The van der Waals surface area contributed by atoms with Crippen LogP contribution < -0.4 is 10.1 Å². The van der Waals surface area contributed by atoms with E-state index < -0.39 is 0 Å². The summed E-state index contributed by atoms with van der Waals surface area (Å²) in [7, 11) is 3.56. The minimum absolute atomic E-state index is 0.448. The van der Waals surface area contributed by atoms with Gasteiger partial charge in [0, 0.05) is 19.2 Å². The van der Waals surface area contributed by atoms with Crippen LogP contribution in [0.3, 0.4) is 0 Å². The Morgan fingerprint density at radius 3 is 2.79 bits per heavy atom. The van der Waals surface area contributed by atoms with Crippen LogP contribution in [0.1, 0.15) is 42.9 Å². The average molecular weight is 261 g/mol. The molecule has 3 atom stereocenters. The first-order chi connectivity index (χ1) is 9.30. The van der Waals surface area contributed by atoms with Gasteiger partial charge in [0.2, 0.25) is 0 Å². The Morgan fingerprint density at radius 1 is 1.16 bits per heavy atom. The monoisotopic (exact) mass is 261 g/mol. The lowest BCUT2D eigenvalue weighted by Gasteiger charge is -2.20. The third-order valence-electron chi connectivity index (χ3n) is 4.59. The van der Waals surface area contributed by atoms with Crippen molar-refractivity contribution in [3.63, 3.8) is 0 Å². The summed E-state index contributed by atoms with van der Waals surface area (Å²) in [6.07, 6.45) is 6.39. The van der Waals surface area contributed by atoms with Gasteiger partial charge >= 0.3 is 0 Å². The van der Waals surface area contributed by atoms with Gasteiger partial charge < -0.3 is 14.8 Å². The minimum atomic E-state index is 0.448. The number of methoxy groups -OCH3 is 2. The number of ether oxygens (including phenoxy) is 2. The summed E-state index contributed by atoms with van der Waals surface area (Å²) < 4.78 is 10.8. The molecule has 1 saturated carbocycles. The molecule has 1 aromatic carbocycles. The molecule has 1 fully saturated rings. The van der Waals surface area contributed by atoms with E-state index in [2.05, 4.69) is 23.5 Å². The predicted molar refractivity (Wildman–Crippen MR) is 75.6 cm³/mol. The number of nitrogens with one attached hydrogen (secondary N) is 1. The smallest absolute Gasteiger partial charge is 0.119 e. The lowest BCUT2D eigenvalue weighted by molar-refractivity contribution is 0.106. The van der Waals surface area contributed by atoms with Crippen molar-refractivity contribution in [1.82, 2.24) is 5.32 Å². The van der Waals surface area contributed by atoms with Crippen molar-refractivity contribution in [2.45, 2.75) is 50.3 Å². The number of aryl methyl sites for hydroxylation is 1. The van der Waals surface area contributed by atoms with Crippen LogP contribution in [0.5, 0.6) is 5.75 Å². The normalized spacial score (nSPS) is 29.5. The van der Waals surface area contributed by atoms with Crippen LogP contribution in [0.15, 0.2) is 18.2 Å². The van der Waals surface area contributed by atoms with Crippen LogP contribution in [0, 0.1) is 0 Å². The van der Waals surface area contributed by atoms with Crippen LogP contribution in [0.25, 0.3) is 0 Å². The Bertz CT molecular complexity index is 446. The molecule has 1 aromatic rings. The maximum atomic E-state index is 5.45. The van der Waals surface area contributed by atoms with Gasteiger partial charge in [-0.3, -0.25) is 0 Å². The molecule has 0 aliphatic heterocycles. The summed E-state index contributed by atoms with van der Waals surface area (Å²) in [5.74, 6) is 0.966. The lowest BCUT2D eigenvalue weighted by Crippen LogP contribution is -2.30. The van der Waals surface area contributed by atoms with Crippen molar-refractivity contribution in [1.29, 1.82) is 0 Å². The highest BCUT2D eigenvalue weighted by molar-refractivity contribution is 5.40. The molecule has 2 aliphatic carbocycles. The maximum absolute atomic E-state index is 5.45. The zero-order valence-corrected chi connectivity index (χ0v) is 11.8. The molecule has 1 N–H and O–H groups in total. The van der Waals surface area contributed by atoms with Gasteiger partial charge in [-0.15, -0.1) is 0 Å². The van der Waals surface area contributed by atoms with Crippen LogP contribution in [0.2, 0.25) is 0 Å². The number of rotatable bonds is 4. The van der Waals surface area contributed by atoms with Crippen LogP contribution in [0.4, 0.5) is 0 Å². The highest BCUT2D eigenvalue weighted by atomic mass is 16.5. The van der Waals surface area contributed by atoms with E-state index in [-0.39, 0.29) is 0 Å². The van der Waals surface area contributed by atoms with Gasteiger partial charge in [0.1, 0.15) is 5.75 Å². The molecule has 0 amide bonds. The van der Waals surface area contributed by atoms with Gasteiger partial charge in [-0.2, -0.15) is 0 Å². The first kappa shape index (κ1) is 12.9. The minimum Gasteiger partial charge on any atom is -0.497 e. The number of fused-ring (bicyclic) bond motifs is 1. The molecule has 3 unspecified atom stereocenters. The van der Waals surface area contributed by atoms with Crippen molar-refractivity contribution in [3.05, 3.63) is 29.3 Å². The highest BCUT2D eigenvalue weighted by Crippen LogP contribution is 2.35. The molecule has 3 rings (SSSR count). The molecule has 0 heterocycles. The summed E-state index contributed by atoms with van der Waals surface area (Å²) in [4.78, 5) is 0. The summed E-state index contributed by atoms with van der Waals surface area (Å²) in [5, 5.41) is 3.81. The SMILES string of the molecule is COc1ccc2c(c1)C(NC1CCC(OC)C1)CC2. The topological polar surface area (TPSA) is 30.5 Å². The van der Waals surface area contributed by atoms with Crippen LogP contribution in [-0.2, 0) is 11.2 Å². The second kappa shape index (κ2) is 5.51. The molecule has 3 heteroatoms. The molecular weight excluding hydrogens is 238 g/mol. The molecule has 3 nitrogen and oxygen atoms in total.